The maximum Gasteiger partial charge on any atom is 0.170 e. The van der Waals surface area contributed by atoms with E-state index in [9.17, 15) is 0 Å². The van der Waals surface area contributed by atoms with Gasteiger partial charge in [-0.25, -0.2) is 0 Å². The molecule has 0 aliphatic heterocycles. The Balaban J connectivity index is 1.85. The van der Waals surface area contributed by atoms with Crippen molar-refractivity contribution in [1.29, 1.82) is 0 Å². The zero-order chi connectivity index (χ0) is 17.2. The lowest BCUT2D eigenvalue weighted by Gasteiger charge is -2.13. The Hall–Kier alpha value is -2.27. The second-order valence-corrected chi connectivity index (χ2v) is 5.55. The van der Waals surface area contributed by atoms with Gasteiger partial charge in [0.05, 0.1) is 13.2 Å². The number of ether oxygens (including phenoxy) is 2. The Morgan fingerprint density at radius 1 is 0.958 bits per heavy atom. The minimum absolute atomic E-state index is 0.618. The molecule has 0 bridgehead atoms. The molecule has 128 valence electrons. The molecule has 0 fully saturated rings. The first-order valence-electron chi connectivity index (χ1n) is 8.21. The highest BCUT2D eigenvalue weighted by Gasteiger charge is 2.06. The third-order valence-electron chi connectivity index (χ3n) is 3.34. The summed E-state index contributed by atoms with van der Waals surface area (Å²) in [6.45, 7) is 5.93. The van der Waals surface area contributed by atoms with Crippen molar-refractivity contribution in [3.05, 3.63) is 54.1 Å². The first-order chi connectivity index (χ1) is 11.7. The predicted octanol–water partition coefficient (Wildman–Crippen LogP) is 4.01. The summed E-state index contributed by atoms with van der Waals surface area (Å²) in [6, 6.07) is 15.9. The standard InChI is InChI=1S/C19H24N2O2S/c1-3-22-17-11-10-15(14-18(17)23-4-2)12-13-20-19(24)21-16-8-6-5-7-9-16/h5-11,14H,3-4,12-13H2,1-2H3,(H2,20,21,24). The quantitative estimate of drug-likeness (QED) is 0.708. The third kappa shape index (κ3) is 5.74. The normalized spacial score (nSPS) is 10.1. The number of hydrogen-bond acceptors (Lipinski definition) is 3. The molecule has 0 saturated heterocycles. The molecule has 4 nitrogen and oxygen atoms in total. The van der Waals surface area contributed by atoms with Crippen LogP contribution in [-0.2, 0) is 6.42 Å². The van der Waals surface area contributed by atoms with E-state index in [1.54, 1.807) is 0 Å². The number of thiocarbonyl (C=S) groups is 1. The van der Waals surface area contributed by atoms with Gasteiger partial charge in [-0.2, -0.15) is 0 Å². The van der Waals surface area contributed by atoms with Gasteiger partial charge >= 0.3 is 0 Å². The molecule has 0 heterocycles. The van der Waals surface area contributed by atoms with Crippen LogP contribution >= 0.6 is 12.2 Å². The topological polar surface area (TPSA) is 42.5 Å². The number of para-hydroxylation sites is 1. The van der Waals surface area contributed by atoms with E-state index in [-0.39, 0.29) is 0 Å². The average Bonchev–Trinajstić information content (AvgIpc) is 2.58. The summed E-state index contributed by atoms with van der Waals surface area (Å²) in [5, 5.41) is 7.00. The lowest BCUT2D eigenvalue weighted by atomic mass is 10.1. The highest BCUT2D eigenvalue weighted by Crippen LogP contribution is 2.28. The van der Waals surface area contributed by atoms with Gasteiger partial charge in [0.15, 0.2) is 16.6 Å². The van der Waals surface area contributed by atoms with Crippen LogP contribution in [0.15, 0.2) is 48.5 Å². The fraction of sp³-hybridized carbons (Fsp3) is 0.316. The van der Waals surface area contributed by atoms with Crippen LogP contribution in [0.4, 0.5) is 5.69 Å². The number of anilines is 1. The van der Waals surface area contributed by atoms with E-state index >= 15 is 0 Å². The molecule has 0 spiro atoms. The summed E-state index contributed by atoms with van der Waals surface area (Å²) >= 11 is 5.31. The van der Waals surface area contributed by atoms with Crippen molar-refractivity contribution < 1.29 is 9.47 Å². The van der Waals surface area contributed by atoms with Gasteiger partial charge in [0.2, 0.25) is 0 Å². The van der Waals surface area contributed by atoms with Crippen LogP contribution < -0.4 is 20.1 Å². The summed E-state index contributed by atoms with van der Waals surface area (Å²) in [5.41, 5.74) is 2.16. The molecule has 0 radical (unpaired) electrons. The number of benzene rings is 2. The Morgan fingerprint density at radius 2 is 1.67 bits per heavy atom. The van der Waals surface area contributed by atoms with Crippen LogP contribution in [-0.4, -0.2) is 24.9 Å². The summed E-state index contributed by atoms with van der Waals surface area (Å²) in [7, 11) is 0. The van der Waals surface area contributed by atoms with E-state index < -0.39 is 0 Å². The minimum atomic E-state index is 0.618. The van der Waals surface area contributed by atoms with Crippen molar-refractivity contribution in [2.75, 3.05) is 25.1 Å². The summed E-state index contributed by atoms with van der Waals surface area (Å²) in [6.07, 6.45) is 0.850. The molecule has 24 heavy (non-hydrogen) atoms. The molecule has 2 aromatic rings. The van der Waals surface area contributed by atoms with Crippen molar-refractivity contribution in [2.45, 2.75) is 20.3 Å². The first-order valence-corrected chi connectivity index (χ1v) is 8.62. The average molecular weight is 344 g/mol. The maximum atomic E-state index is 5.65. The molecule has 0 atom stereocenters. The zero-order valence-electron chi connectivity index (χ0n) is 14.2. The lowest BCUT2D eigenvalue weighted by Crippen LogP contribution is -2.30. The molecule has 0 amide bonds. The first kappa shape index (κ1) is 18.1. The van der Waals surface area contributed by atoms with Crippen molar-refractivity contribution in [1.82, 2.24) is 5.32 Å². The van der Waals surface area contributed by atoms with E-state index in [4.69, 9.17) is 21.7 Å². The zero-order valence-corrected chi connectivity index (χ0v) is 15.0. The molecule has 0 aliphatic rings. The fourth-order valence-corrected chi connectivity index (χ4v) is 2.49. The SMILES string of the molecule is CCOc1ccc(CCNC(=S)Nc2ccccc2)cc1OCC. The minimum Gasteiger partial charge on any atom is -0.490 e. The molecule has 2 rings (SSSR count). The summed E-state index contributed by atoms with van der Waals surface area (Å²) in [4.78, 5) is 0. The van der Waals surface area contributed by atoms with Crippen molar-refractivity contribution in [3.63, 3.8) is 0 Å². The van der Waals surface area contributed by atoms with Gasteiger partial charge in [-0.15, -0.1) is 0 Å². The van der Waals surface area contributed by atoms with Crippen molar-refractivity contribution in [2.24, 2.45) is 0 Å². The van der Waals surface area contributed by atoms with Crippen LogP contribution in [0.25, 0.3) is 0 Å². The van der Waals surface area contributed by atoms with Crippen LogP contribution in [0.2, 0.25) is 0 Å². The molecule has 2 aromatic carbocycles. The van der Waals surface area contributed by atoms with Crippen molar-refractivity contribution >= 4 is 23.0 Å². The Labute approximate surface area is 149 Å². The smallest absolute Gasteiger partial charge is 0.170 e. The largest absolute Gasteiger partial charge is 0.490 e. The molecule has 0 aromatic heterocycles. The molecule has 0 aliphatic carbocycles. The van der Waals surface area contributed by atoms with E-state index in [0.717, 1.165) is 30.2 Å². The van der Waals surface area contributed by atoms with E-state index in [0.29, 0.717) is 18.3 Å². The highest BCUT2D eigenvalue weighted by molar-refractivity contribution is 7.80. The third-order valence-corrected chi connectivity index (χ3v) is 3.59. The number of rotatable bonds is 8. The maximum absolute atomic E-state index is 5.65. The van der Waals surface area contributed by atoms with Crippen LogP contribution in [0.5, 0.6) is 11.5 Å². The predicted molar refractivity (Wildman–Crippen MR) is 103 cm³/mol. The molecular weight excluding hydrogens is 320 g/mol. The van der Waals surface area contributed by atoms with Crippen molar-refractivity contribution in [3.8, 4) is 11.5 Å². The molecule has 5 heteroatoms. The van der Waals surface area contributed by atoms with Gasteiger partial charge in [-0.3, -0.25) is 0 Å². The second-order valence-electron chi connectivity index (χ2n) is 5.14. The fourth-order valence-electron chi connectivity index (χ4n) is 2.27. The molecule has 0 unspecified atom stereocenters. The monoisotopic (exact) mass is 344 g/mol. The Morgan fingerprint density at radius 3 is 2.38 bits per heavy atom. The molecular formula is C19H24N2O2S. The van der Waals surface area contributed by atoms with Crippen LogP contribution in [0.3, 0.4) is 0 Å². The number of hydrogen-bond donors (Lipinski definition) is 2. The highest BCUT2D eigenvalue weighted by atomic mass is 32.1. The van der Waals surface area contributed by atoms with Gasteiger partial charge in [0.25, 0.3) is 0 Å². The molecule has 0 saturated carbocycles. The number of nitrogens with one attached hydrogen (secondary N) is 2. The van der Waals surface area contributed by atoms with Gasteiger partial charge in [0, 0.05) is 12.2 Å². The van der Waals surface area contributed by atoms with Gasteiger partial charge in [-0.1, -0.05) is 24.3 Å². The van der Waals surface area contributed by atoms with Gasteiger partial charge < -0.3 is 20.1 Å². The summed E-state index contributed by atoms with van der Waals surface area (Å²) in [5.74, 6) is 1.58. The van der Waals surface area contributed by atoms with E-state index in [2.05, 4.69) is 16.7 Å². The van der Waals surface area contributed by atoms with E-state index in [1.165, 1.54) is 5.56 Å². The Bertz CT molecular complexity index is 647. The lowest BCUT2D eigenvalue weighted by molar-refractivity contribution is 0.287. The molecule has 2 N–H and O–H groups in total. The van der Waals surface area contributed by atoms with Crippen LogP contribution in [0, 0.1) is 0 Å². The van der Waals surface area contributed by atoms with Gasteiger partial charge in [-0.05, 0) is 62.3 Å². The second kappa shape index (κ2) is 9.78. The Kier molecular flexibility index (Phi) is 7.36. The van der Waals surface area contributed by atoms with Crippen LogP contribution in [0.1, 0.15) is 19.4 Å². The summed E-state index contributed by atoms with van der Waals surface area (Å²) < 4.78 is 11.2. The van der Waals surface area contributed by atoms with Gasteiger partial charge in [0.1, 0.15) is 0 Å². The van der Waals surface area contributed by atoms with E-state index in [1.807, 2.05) is 56.3 Å².